The smallest absolute Gasteiger partial charge is 0.335 e. The fourth-order valence-electron chi connectivity index (χ4n) is 3.46. The Morgan fingerprint density at radius 2 is 1.68 bits per heavy atom. The van der Waals surface area contributed by atoms with E-state index < -0.39 is 7.60 Å². The summed E-state index contributed by atoms with van der Waals surface area (Å²) < 4.78 is 38.3. The summed E-state index contributed by atoms with van der Waals surface area (Å²) in [5, 5.41) is 7.09. The minimum atomic E-state index is -3.16. The lowest BCUT2D eigenvalue weighted by atomic mass is 10.1. The molecule has 0 aliphatic rings. The zero-order valence-corrected chi connectivity index (χ0v) is 20.4. The summed E-state index contributed by atoms with van der Waals surface area (Å²) >= 11 is 0. The summed E-state index contributed by atoms with van der Waals surface area (Å²) in [5.74, 6) is -0.566. The van der Waals surface area contributed by atoms with Crippen LogP contribution in [0.4, 0.5) is 4.39 Å². The van der Waals surface area contributed by atoms with Crippen molar-refractivity contribution in [2.24, 2.45) is 7.05 Å². The molecule has 0 unspecified atom stereocenters. The quantitative estimate of drug-likeness (QED) is 0.294. The molecule has 7 nitrogen and oxygen atoms in total. The molecule has 1 N–H and O–H groups in total. The Labute approximate surface area is 199 Å². The first kappa shape index (κ1) is 25.6. The first-order valence-corrected chi connectivity index (χ1v) is 12.8. The lowest BCUT2D eigenvalue weighted by molar-refractivity contribution is -0.116. The SMILES string of the molecule is CCOP(=O)(Cc1ccc(CNC(=O)/C=C/c2cnn(C)c2-c2ccc(F)cc2)cc1)OCC. The third-order valence-corrected chi connectivity index (χ3v) is 7.07. The van der Waals surface area contributed by atoms with Crippen molar-refractivity contribution in [1.82, 2.24) is 15.1 Å². The fraction of sp³-hybridized carbons (Fsp3) is 0.280. The van der Waals surface area contributed by atoms with E-state index in [1.54, 1.807) is 50.0 Å². The van der Waals surface area contributed by atoms with E-state index >= 15 is 0 Å². The van der Waals surface area contributed by atoms with Gasteiger partial charge in [-0.3, -0.25) is 14.0 Å². The summed E-state index contributed by atoms with van der Waals surface area (Å²) in [5.41, 5.74) is 4.09. The van der Waals surface area contributed by atoms with Gasteiger partial charge >= 0.3 is 7.60 Å². The number of aryl methyl sites for hydroxylation is 1. The molecule has 0 bridgehead atoms. The van der Waals surface area contributed by atoms with Crippen molar-refractivity contribution in [2.75, 3.05) is 13.2 Å². The van der Waals surface area contributed by atoms with Gasteiger partial charge in [-0.2, -0.15) is 5.10 Å². The molecule has 0 aliphatic heterocycles. The van der Waals surface area contributed by atoms with E-state index in [1.807, 2.05) is 24.3 Å². The molecule has 0 fully saturated rings. The van der Waals surface area contributed by atoms with Gasteiger partial charge in [0.1, 0.15) is 5.82 Å². The van der Waals surface area contributed by atoms with Crippen LogP contribution in [-0.4, -0.2) is 28.9 Å². The highest BCUT2D eigenvalue weighted by atomic mass is 31.2. The first-order chi connectivity index (χ1) is 16.3. The summed E-state index contributed by atoms with van der Waals surface area (Å²) in [6.07, 6.45) is 4.98. The third-order valence-electron chi connectivity index (χ3n) is 5.02. The number of carbonyl (C=O) groups is 1. The molecule has 2 aromatic carbocycles. The molecule has 0 radical (unpaired) electrons. The molecule has 0 aliphatic carbocycles. The molecular weight excluding hydrogens is 456 g/mol. The maximum atomic E-state index is 13.3. The van der Waals surface area contributed by atoms with Crippen molar-refractivity contribution in [3.8, 4) is 11.3 Å². The molecule has 0 atom stereocenters. The van der Waals surface area contributed by atoms with E-state index in [1.165, 1.54) is 18.2 Å². The van der Waals surface area contributed by atoms with Gasteiger partial charge in [0.25, 0.3) is 0 Å². The highest BCUT2D eigenvalue weighted by molar-refractivity contribution is 7.53. The number of rotatable bonds is 11. The summed E-state index contributed by atoms with van der Waals surface area (Å²) in [6.45, 7) is 4.54. The number of nitrogens with one attached hydrogen (secondary N) is 1. The minimum Gasteiger partial charge on any atom is -0.348 e. The van der Waals surface area contributed by atoms with Crippen LogP contribution in [0.15, 0.2) is 60.8 Å². The Hall–Kier alpha value is -3.06. The molecule has 3 rings (SSSR count). The third kappa shape index (κ3) is 6.97. The molecule has 3 aromatic rings. The highest BCUT2D eigenvalue weighted by Gasteiger charge is 2.23. The van der Waals surface area contributed by atoms with Crippen LogP contribution in [0.5, 0.6) is 0 Å². The normalized spacial score (nSPS) is 11.8. The van der Waals surface area contributed by atoms with Crippen molar-refractivity contribution in [3.63, 3.8) is 0 Å². The average molecular weight is 485 g/mol. The molecule has 180 valence electrons. The van der Waals surface area contributed by atoms with Crippen molar-refractivity contribution in [3.05, 3.63) is 83.3 Å². The Morgan fingerprint density at radius 3 is 2.29 bits per heavy atom. The Bertz CT molecular complexity index is 1160. The molecular formula is C25H29FN3O4P. The standard InChI is InChI=1S/C25H29FN3O4P/c1-4-32-34(31,33-5-2)18-20-8-6-19(7-9-20)16-27-24(30)15-12-22-17-28-29(3)25(22)21-10-13-23(26)14-11-21/h6-15,17H,4-5,16,18H2,1-3H3,(H,27,30)/b15-12+. The summed E-state index contributed by atoms with van der Waals surface area (Å²) in [4.78, 5) is 12.3. The number of hydrogen-bond donors (Lipinski definition) is 1. The van der Waals surface area contributed by atoms with Gasteiger partial charge in [-0.1, -0.05) is 24.3 Å². The van der Waals surface area contributed by atoms with Gasteiger partial charge < -0.3 is 14.4 Å². The lowest BCUT2D eigenvalue weighted by Crippen LogP contribution is -2.20. The number of aromatic nitrogens is 2. The number of hydrogen-bond acceptors (Lipinski definition) is 5. The van der Waals surface area contributed by atoms with Crippen molar-refractivity contribution >= 4 is 19.6 Å². The van der Waals surface area contributed by atoms with E-state index in [-0.39, 0.29) is 17.9 Å². The molecule has 34 heavy (non-hydrogen) atoms. The van der Waals surface area contributed by atoms with Crippen LogP contribution in [0.1, 0.15) is 30.5 Å². The Kier molecular flexibility index (Phi) is 8.93. The van der Waals surface area contributed by atoms with Crippen LogP contribution in [0, 0.1) is 5.82 Å². The number of nitrogens with zero attached hydrogens (tertiary/aromatic N) is 2. The van der Waals surface area contributed by atoms with Crippen molar-refractivity contribution in [1.29, 1.82) is 0 Å². The highest BCUT2D eigenvalue weighted by Crippen LogP contribution is 2.51. The number of halogens is 1. The molecule has 1 amide bonds. The zero-order valence-electron chi connectivity index (χ0n) is 19.5. The van der Waals surface area contributed by atoms with Crippen LogP contribution < -0.4 is 5.32 Å². The Balaban J connectivity index is 1.59. The van der Waals surface area contributed by atoms with Gasteiger partial charge in [-0.25, -0.2) is 4.39 Å². The van der Waals surface area contributed by atoms with Gasteiger partial charge in [0.05, 0.1) is 31.3 Å². The molecule has 0 spiro atoms. The van der Waals surface area contributed by atoms with Gasteiger partial charge in [0, 0.05) is 30.8 Å². The lowest BCUT2D eigenvalue weighted by Gasteiger charge is -2.17. The minimum absolute atomic E-state index is 0.200. The average Bonchev–Trinajstić information content (AvgIpc) is 3.18. The van der Waals surface area contributed by atoms with Crippen LogP contribution in [0.2, 0.25) is 0 Å². The summed E-state index contributed by atoms with van der Waals surface area (Å²) in [7, 11) is -1.36. The second-order valence-electron chi connectivity index (χ2n) is 7.55. The maximum absolute atomic E-state index is 13.3. The zero-order chi connectivity index (χ0) is 24.6. The van der Waals surface area contributed by atoms with Gasteiger partial charge in [0.2, 0.25) is 5.91 Å². The largest absolute Gasteiger partial charge is 0.348 e. The molecule has 0 saturated carbocycles. The maximum Gasteiger partial charge on any atom is 0.335 e. The molecule has 1 heterocycles. The van der Waals surface area contributed by atoms with E-state index in [4.69, 9.17) is 9.05 Å². The molecule has 9 heteroatoms. The summed E-state index contributed by atoms with van der Waals surface area (Å²) in [6, 6.07) is 13.6. The first-order valence-electron chi connectivity index (χ1n) is 11.0. The van der Waals surface area contributed by atoms with Crippen LogP contribution in [-0.2, 0) is 38.2 Å². The topological polar surface area (TPSA) is 82.5 Å². The van der Waals surface area contributed by atoms with E-state index in [2.05, 4.69) is 10.4 Å². The van der Waals surface area contributed by atoms with E-state index in [9.17, 15) is 13.8 Å². The second-order valence-corrected chi connectivity index (χ2v) is 9.61. The monoisotopic (exact) mass is 485 g/mol. The van der Waals surface area contributed by atoms with Crippen molar-refractivity contribution < 1.29 is 22.8 Å². The van der Waals surface area contributed by atoms with Gasteiger partial charge in [0.15, 0.2) is 0 Å². The van der Waals surface area contributed by atoms with Crippen LogP contribution in [0.3, 0.4) is 0 Å². The number of amides is 1. The molecule has 0 saturated heterocycles. The Morgan fingerprint density at radius 1 is 1.06 bits per heavy atom. The van der Waals surface area contributed by atoms with E-state index in [0.717, 1.165) is 27.9 Å². The number of carbonyl (C=O) groups excluding carboxylic acids is 1. The van der Waals surface area contributed by atoms with Gasteiger partial charge in [-0.05, 0) is 55.3 Å². The van der Waals surface area contributed by atoms with E-state index in [0.29, 0.717) is 19.8 Å². The second kappa shape index (κ2) is 11.9. The van der Waals surface area contributed by atoms with Gasteiger partial charge in [-0.15, -0.1) is 0 Å². The fourth-order valence-corrected chi connectivity index (χ4v) is 5.16. The van der Waals surface area contributed by atoms with Crippen LogP contribution in [0.25, 0.3) is 17.3 Å². The predicted octanol–water partition coefficient (Wildman–Crippen LogP) is 5.32. The molecule has 1 aromatic heterocycles. The van der Waals surface area contributed by atoms with Crippen LogP contribution >= 0.6 is 7.60 Å². The number of benzene rings is 2. The van der Waals surface area contributed by atoms with Crippen molar-refractivity contribution in [2.45, 2.75) is 26.6 Å². The predicted molar refractivity (Wildman–Crippen MR) is 130 cm³/mol.